The van der Waals surface area contributed by atoms with Crippen molar-refractivity contribution in [1.82, 2.24) is 15.1 Å². The minimum atomic E-state index is -0.645. The molecule has 0 bridgehead atoms. The third kappa shape index (κ3) is 7.58. The third-order valence-corrected chi connectivity index (χ3v) is 8.18. The lowest BCUT2D eigenvalue weighted by Gasteiger charge is -2.23. The van der Waals surface area contributed by atoms with E-state index in [1.807, 2.05) is 43.3 Å². The summed E-state index contributed by atoms with van der Waals surface area (Å²) in [6.07, 6.45) is 4.91. The Hall–Kier alpha value is -4.12. The Morgan fingerprint density at radius 1 is 1.16 bits per heavy atom. The van der Waals surface area contributed by atoms with Gasteiger partial charge in [0, 0.05) is 63.6 Å². The van der Waals surface area contributed by atoms with Gasteiger partial charge in [-0.25, -0.2) is 4.39 Å². The smallest absolute Gasteiger partial charge is 0.251 e. The van der Waals surface area contributed by atoms with Crippen LogP contribution in [-0.2, 0) is 11.3 Å². The molecule has 236 valence electrons. The Morgan fingerprint density at radius 2 is 1.98 bits per heavy atom. The molecular weight excluding hydrogens is 622 g/mol. The summed E-state index contributed by atoms with van der Waals surface area (Å²) in [6, 6.07) is 13.6. The lowest BCUT2D eigenvalue weighted by Crippen LogP contribution is -2.31. The summed E-state index contributed by atoms with van der Waals surface area (Å²) in [5.41, 5.74) is 3.26. The van der Waals surface area contributed by atoms with Gasteiger partial charge in [-0.1, -0.05) is 41.4 Å². The number of fused-ring (bicyclic) bond motifs is 1. The Kier molecular flexibility index (Phi) is 10.6. The lowest BCUT2D eigenvalue weighted by molar-refractivity contribution is -0.118. The largest absolute Gasteiger partial charge is 0.493 e. The molecule has 2 heterocycles. The van der Waals surface area contributed by atoms with Crippen LogP contribution in [0.1, 0.15) is 40.7 Å². The first kappa shape index (κ1) is 32.3. The minimum absolute atomic E-state index is 0.0281. The summed E-state index contributed by atoms with van der Waals surface area (Å²) in [5.74, 6) is 0.0806. The summed E-state index contributed by atoms with van der Waals surface area (Å²) < 4.78 is 28.6. The van der Waals surface area contributed by atoms with Crippen molar-refractivity contribution >= 4 is 40.7 Å². The van der Waals surface area contributed by atoms with Crippen LogP contribution >= 0.6 is 23.2 Å². The Balaban J connectivity index is 1.29. The van der Waals surface area contributed by atoms with Crippen LogP contribution in [0.2, 0.25) is 10.0 Å². The van der Waals surface area contributed by atoms with Gasteiger partial charge in [-0.3, -0.25) is 14.3 Å². The average Bonchev–Trinajstić information content (AvgIpc) is 3.38. The number of hydrogen-bond donors (Lipinski definition) is 2. The number of aliphatic hydroxyl groups excluding tert-OH is 1. The minimum Gasteiger partial charge on any atom is -0.493 e. The Bertz CT molecular complexity index is 1670. The van der Waals surface area contributed by atoms with E-state index in [1.54, 1.807) is 22.0 Å². The molecule has 0 saturated heterocycles. The number of nitrogens with zero attached hydrogens (tertiary/aromatic N) is 3. The zero-order valence-corrected chi connectivity index (χ0v) is 26.2. The van der Waals surface area contributed by atoms with Crippen molar-refractivity contribution < 1.29 is 28.6 Å². The number of rotatable bonds is 11. The first-order valence-corrected chi connectivity index (χ1v) is 15.4. The van der Waals surface area contributed by atoms with Crippen LogP contribution in [-0.4, -0.2) is 59.6 Å². The summed E-state index contributed by atoms with van der Waals surface area (Å²) in [4.78, 5) is 27.3. The first-order chi connectivity index (χ1) is 21.8. The molecule has 2 N–H and O–H groups in total. The van der Waals surface area contributed by atoms with Crippen molar-refractivity contribution in [3.05, 3.63) is 93.5 Å². The summed E-state index contributed by atoms with van der Waals surface area (Å²) >= 11 is 12.5. The molecule has 9 nitrogen and oxygen atoms in total. The van der Waals surface area contributed by atoms with Crippen LogP contribution in [0.25, 0.3) is 11.1 Å². The summed E-state index contributed by atoms with van der Waals surface area (Å²) in [7, 11) is 0. The number of hydrogen-bond acceptors (Lipinski definition) is 6. The molecule has 0 radical (unpaired) electrons. The van der Waals surface area contributed by atoms with Crippen LogP contribution in [0, 0.1) is 12.7 Å². The van der Waals surface area contributed by atoms with E-state index in [2.05, 4.69) is 10.4 Å². The van der Waals surface area contributed by atoms with Gasteiger partial charge < -0.3 is 24.8 Å². The number of benzene rings is 3. The number of aliphatic hydroxyl groups is 1. The highest BCUT2D eigenvalue weighted by atomic mass is 35.5. The highest BCUT2D eigenvalue weighted by Gasteiger charge is 2.25. The molecule has 3 aromatic carbocycles. The van der Waals surface area contributed by atoms with Crippen LogP contribution in [0.3, 0.4) is 0 Å². The Labute approximate surface area is 270 Å². The molecule has 1 aromatic heterocycles. The van der Waals surface area contributed by atoms with Crippen molar-refractivity contribution in [1.29, 1.82) is 0 Å². The molecule has 0 spiro atoms. The number of halogens is 3. The van der Waals surface area contributed by atoms with E-state index in [9.17, 15) is 9.59 Å². The number of nitrogens with one attached hydrogen (secondary N) is 1. The van der Waals surface area contributed by atoms with Gasteiger partial charge in [0.15, 0.2) is 5.75 Å². The molecule has 1 aliphatic heterocycles. The van der Waals surface area contributed by atoms with Gasteiger partial charge >= 0.3 is 0 Å². The molecule has 0 fully saturated rings. The predicted molar refractivity (Wildman–Crippen MR) is 171 cm³/mol. The monoisotopic (exact) mass is 654 g/mol. The maximum Gasteiger partial charge on any atom is 0.251 e. The molecule has 0 saturated carbocycles. The molecule has 2 amide bonds. The van der Waals surface area contributed by atoms with E-state index >= 15 is 4.39 Å². The van der Waals surface area contributed by atoms with E-state index in [0.29, 0.717) is 61.2 Å². The van der Waals surface area contributed by atoms with Crippen LogP contribution < -0.4 is 19.7 Å². The number of anilines is 1. The molecule has 12 heteroatoms. The van der Waals surface area contributed by atoms with Gasteiger partial charge in [0.2, 0.25) is 5.91 Å². The number of para-hydroxylation sites is 1. The average molecular weight is 656 g/mol. The molecule has 0 atom stereocenters. The molecule has 0 aliphatic carbocycles. The fraction of sp³-hybridized carbons (Fsp3) is 0.303. The Morgan fingerprint density at radius 3 is 2.78 bits per heavy atom. The van der Waals surface area contributed by atoms with Crippen LogP contribution in [0.5, 0.6) is 11.5 Å². The standard InChI is InChI=1S/C33H33Cl2FN4O5/c1-21-26(34)7-3-9-30(21)44-14-4-10-31(42)40-12-5-15-45-32-24(6-2-8-29(32)40)23-18-38-39(19-23)20-25-27(35)16-22(17-28(25)36)33(43)37-11-13-41/h2-3,6-9,16-19,41H,4-5,10-15,20H2,1H3,(H,37,43). The number of carbonyl (C=O) groups is 2. The molecule has 5 rings (SSSR count). The SMILES string of the molecule is Cc1c(Cl)cccc1OCCCC(=O)N1CCCOc2c(-c3cnn(Cc4c(F)cc(C(=O)NCCO)cc4Cl)c3)cccc21. The van der Waals surface area contributed by atoms with Crippen LogP contribution in [0.15, 0.2) is 60.9 Å². The van der Waals surface area contributed by atoms with E-state index < -0.39 is 11.7 Å². The molecule has 1 aliphatic rings. The van der Waals surface area contributed by atoms with E-state index in [-0.39, 0.29) is 41.8 Å². The lowest BCUT2D eigenvalue weighted by atomic mass is 10.1. The van der Waals surface area contributed by atoms with Crippen molar-refractivity contribution in [2.24, 2.45) is 0 Å². The van der Waals surface area contributed by atoms with E-state index in [0.717, 1.165) is 22.8 Å². The second-order valence-electron chi connectivity index (χ2n) is 10.5. The van der Waals surface area contributed by atoms with Crippen molar-refractivity contribution in [2.45, 2.75) is 32.7 Å². The van der Waals surface area contributed by atoms with Crippen molar-refractivity contribution in [2.75, 3.05) is 37.8 Å². The number of ether oxygens (including phenoxy) is 2. The molecular formula is C33H33Cl2FN4O5. The molecule has 4 aromatic rings. The quantitative estimate of drug-likeness (QED) is 0.191. The number of carbonyl (C=O) groups excluding carboxylic acids is 2. The number of amides is 2. The maximum absolute atomic E-state index is 15.0. The van der Waals surface area contributed by atoms with Gasteiger partial charge in [0.25, 0.3) is 5.91 Å². The van der Waals surface area contributed by atoms with E-state index in [4.69, 9.17) is 37.8 Å². The number of aromatic nitrogens is 2. The zero-order valence-electron chi connectivity index (χ0n) is 24.7. The van der Waals surface area contributed by atoms with Gasteiger partial charge in [-0.2, -0.15) is 5.10 Å². The first-order valence-electron chi connectivity index (χ1n) is 14.6. The summed E-state index contributed by atoms with van der Waals surface area (Å²) in [5, 5.41) is 16.5. The van der Waals surface area contributed by atoms with Gasteiger partial charge in [0.05, 0.1) is 38.2 Å². The van der Waals surface area contributed by atoms with E-state index in [1.165, 1.54) is 6.07 Å². The normalized spacial score (nSPS) is 12.7. The highest BCUT2D eigenvalue weighted by molar-refractivity contribution is 6.32. The maximum atomic E-state index is 15.0. The predicted octanol–water partition coefficient (Wildman–Crippen LogP) is 6.05. The van der Waals surface area contributed by atoms with Gasteiger partial charge in [0.1, 0.15) is 11.6 Å². The summed E-state index contributed by atoms with van der Waals surface area (Å²) in [6.45, 7) is 3.09. The van der Waals surface area contributed by atoms with Gasteiger partial charge in [-0.15, -0.1) is 0 Å². The fourth-order valence-electron chi connectivity index (χ4n) is 5.09. The highest BCUT2D eigenvalue weighted by Crippen LogP contribution is 2.40. The van der Waals surface area contributed by atoms with Crippen molar-refractivity contribution in [3.8, 4) is 22.6 Å². The third-order valence-electron chi connectivity index (χ3n) is 7.43. The van der Waals surface area contributed by atoms with Crippen molar-refractivity contribution in [3.63, 3.8) is 0 Å². The topological polar surface area (TPSA) is 106 Å². The van der Waals surface area contributed by atoms with Gasteiger partial charge in [-0.05, 0) is 50.1 Å². The zero-order chi connectivity index (χ0) is 31.9. The second-order valence-corrected chi connectivity index (χ2v) is 11.4. The molecule has 0 unspecified atom stereocenters. The van der Waals surface area contributed by atoms with Crippen LogP contribution in [0.4, 0.5) is 10.1 Å². The second kappa shape index (κ2) is 14.8. The fourth-order valence-corrected chi connectivity index (χ4v) is 5.52. The molecule has 45 heavy (non-hydrogen) atoms.